The Kier molecular flexibility index (Phi) is 3.39. The number of carbonyl (C=O) groups excluding carboxylic acids is 1. The summed E-state index contributed by atoms with van der Waals surface area (Å²) in [6, 6.07) is 2.75. The van der Waals surface area contributed by atoms with Crippen LogP contribution in [0.5, 0.6) is 0 Å². The number of carbonyl (C=O) groups is 2. The van der Waals surface area contributed by atoms with Gasteiger partial charge in [0.2, 0.25) is 0 Å². The number of nitrogens with one attached hydrogen (secondary N) is 1. The van der Waals surface area contributed by atoms with Gasteiger partial charge < -0.3 is 20.9 Å². The zero-order valence-corrected chi connectivity index (χ0v) is 10.4. The zero-order chi connectivity index (χ0) is 14.0. The van der Waals surface area contributed by atoms with E-state index < -0.39 is 17.3 Å². The Morgan fingerprint density at radius 3 is 3.00 bits per heavy atom. The van der Waals surface area contributed by atoms with Gasteiger partial charge in [0, 0.05) is 11.9 Å². The topological polar surface area (TPSA) is 115 Å². The SMILES string of the molecule is CC1(C(=O)O)COCC1Nc1ccnc(C(N)=O)c1. The van der Waals surface area contributed by atoms with Crippen LogP contribution in [0.1, 0.15) is 17.4 Å². The van der Waals surface area contributed by atoms with Crippen LogP contribution in [0.15, 0.2) is 18.3 Å². The number of amides is 1. The molecule has 2 unspecified atom stereocenters. The van der Waals surface area contributed by atoms with E-state index in [2.05, 4.69) is 10.3 Å². The molecule has 2 rings (SSSR count). The van der Waals surface area contributed by atoms with Crippen molar-refractivity contribution in [2.45, 2.75) is 13.0 Å². The molecule has 2 atom stereocenters. The van der Waals surface area contributed by atoms with Crippen LogP contribution >= 0.6 is 0 Å². The van der Waals surface area contributed by atoms with Gasteiger partial charge in [-0.1, -0.05) is 0 Å². The summed E-state index contributed by atoms with van der Waals surface area (Å²) in [4.78, 5) is 26.2. The Morgan fingerprint density at radius 1 is 1.63 bits per heavy atom. The summed E-state index contributed by atoms with van der Waals surface area (Å²) in [6.45, 7) is 2.06. The molecule has 1 saturated heterocycles. The first-order chi connectivity index (χ1) is 8.93. The molecule has 102 valence electrons. The highest BCUT2D eigenvalue weighted by Gasteiger charge is 2.46. The predicted octanol–water partition coefficient (Wildman–Crippen LogP) is 0.0821. The average molecular weight is 265 g/mol. The van der Waals surface area contributed by atoms with Gasteiger partial charge in [0.1, 0.15) is 11.1 Å². The fourth-order valence-corrected chi connectivity index (χ4v) is 1.94. The third-order valence-corrected chi connectivity index (χ3v) is 3.30. The summed E-state index contributed by atoms with van der Waals surface area (Å²) < 4.78 is 5.23. The minimum atomic E-state index is -1.00. The monoisotopic (exact) mass is 265 g/mol. The van der Waals surface area contributed by atoms with Crippen LogP contribution in [0.4, 0.5) is 5.69 Å². The standard InChI is InChI=1S/C12H15N3O4/c1-12(11(17)18)6-19-5-9(12)15-7-2-3-14-8(4-7)10(13)16/h2-4,9H,5-6H2,1H3,(H2,13,16)(H,14,15)(H,17,18). The fraction of sp³-hybridized carbons (Fsp3) is 0.417. The van der Waals surface area contributed by atoms with Gasteiger partial charge in [0.15, 0.2) is 0 Å². The lowest BCUT2D eigenvalue weighted by Gasteiger charge is -2.26. The number of anilines is 1. The summed E-state index contributed by atoms with van der Waals surface area (Å²) in [6.07, 6.45) is 1.44. The Morgan fingerprint density at radius 2 is 2.37 bits per heavy atom. The highest BCUT2D eigenvalue weighted by atomic mass is 16.5. The Balaban J connectivity index is 2.19. The number of nitrogens with zero attached hydrogens (tertiary/aromatic N) is 1. The molecule has 1 aliphatic heterocycles. The molecule has 0 saturated carbocycles. The Hall–Kier alpha value is -2.15. The minimum Gasteiger partial charge on any atom is -0.481 e. The maximum absolute atomic E-state index is 11.3. The number of rotatable bonds is 4. The summed E-state index contributed by atoms with van der Waals surface area (Å²) in [5.41, 5.74) is 4.86. The van der Waals surface area contributed by atoms with Crippen molar-refractivity contribution in [2.75, 3.05) is 18.5 Å². The summed E-state index contributed by atoms with van der Waals surface area (Å²) in [5.74, 6) is -1.56. The predicted molar refractivity (Wildman–Crippen MR) is 66.7 cm³/mol. The van der Waals surface area contributed by atoms with Crippen molar-refractivity contribution in [3.63, 3.8) is 0 Å². The molecule has 0 bridgehead atoms. The quantitative estimate of drug-likeness (QED) is 0.710. The molecule has 1 amide bonds. The summed E-state index contributed by atoms with van der Waals surface area (Å²) >= 11 is 0. The van der Waals surface area contributed by atoms with Gasteiger partial charge in [-0.25, -0.2) is 0 Å². The maximum Gasteiger partial charge on any atom is 0.313 e. The number of aliphatic carboxylic acids is 1. The molecule has 2 heterocycles. The highest BCUT2D eigenvalue weighted by Crippen LogP contribution is 2.31. The van der Waals surface area contributed by atoms with Crippen LogP contribution in [0.2, 0.25) is 0 Å². The third kappa shape index (κ3) is 2.50. The van der Waals surface area contributed by atoms with Crippen LogP contribution in [-0.4, -0.2) is 41.2 Å². The van der Waals surface area contributed by atoms with Crippen molar-refractivity contribution in [1.82, 2.24) is 4.98 Å². The normalized spacial score (nSPS) is 26.1. The molecule has 7 nitrogen and oxygen atoms in total. The first-order valence-electron chi connectivity index (χ1n) is 5.77. The van der Waals surface area contributed by atoms with E-state index in [0.717, 1.165) is 0 Å². The molecule has 1 aromatic rings. The van der Waals surface area contributed by atoms with E-state index in [-0.39, 0.29) is 24.9 Å². The van der Waals surface area contributed by atoms with Crippen LogP contribution in [0, 0.1) is 5.41 Å². The zero-order valence-electron chi connectivity index (χ0n) is 10.4. The number of hydrogen-bond acceptors (Lipinski definition) is 5. The van der Waals surface area contributed by atoms with Gasteiger partial charge in [-0.05, 0) is 19.1 Å². The number of nitrogens with two attached hydrogens (primary N) is 1. The number of primary amides is 1. The number of pyridine rings is 1. The molecule has 0 aromatic carbocycles. The maximum atomic E-state index is 11.3. The lowest BCUT2D eigenvalue weighted by Crippen LogP contribution is -2.43. The smallest absolute Gasteiger partial charge is 0.313 e. The molecule has 19 heavy (non-hydrogen) atoms. The first kappa shape index (κ1) is 13.3. The van der Waals surface area contributed by atoms with Gasteiger partial charge in [0.25, 0.3) is 5.91 Å². The largest absolute Gasteiger partial charge is 0.481 e. The first-order valence-corrected chi connectivity index (χ1v) is 5.77. The third-order valence-electron chi connectivity index (χ3n) is 3.30. The van der Waals surface area contributed by atoms with Gasteiger partial charge in [-0.3, -0.25) is 14.6 Å². The number of aromatic nitrogens is 1. The second kappa shape index (κ2) is 4.85. The van der Waals surface area contributed by atoms with Gasteiger partial charge >= 0.3 is 5.97 Å². The van der Waals surface area contributed by atoms with Crippen molar-refractivity contribution in [3.8, 4) is 0 Å². The van der Waals surface area contributed by atoms with E-state index in [9.17, 15) is 14.7 Å². The van der Waals surface area contributed by atoms with E-state index in [4.69, 9.17) is 10.5 Å². The van der Waals surface area contributed by atoms with Crippen LogP contribution in [-0.2, 0) is 9.53 Å². The number of hydrogen-bond donors (Lipinski definition) is 3. The average Bonchev–Trinajstić information content (AvgIpc) is 2.73. The second-order valence-corrected chi connectivity index (χ2v) is 4.73. The molecule has 0 aliphatic carbocycles. The van der Waals surface area contributed by atoms with Crippen molar-refractivity contribution in [1.29, 1.82) is 0 Å². The van der Waals surface area contributed by atoms with E-state index in [0.29, 0.717) is 5.69 Å². The molecule has 0 spiro atoms. The van der Waals surface area contributed by atoms with Gasteiger partial charge in [-0.15, -0.1) is 0 Å². The molecular weight excluding hydrogens is 250 g/mol. The van der Waals surface area contributed by atoms with Gasteiger partial charge in [-0.2, -0.15) is 0 Å². The van der Waals surface area contributed by atoms with E-state index >= 15 is 0 Å². The molecule has 1 fully saturated rings. The van der Waals surface area contributed by atoms with Gasteiger partial charge in [0.05, 0.1) is 19.3 Å². The number of ether oxygens (including phenoxy) is 1. The minimum absolute atomic E-state index is 0.126. The molecule has 1 aromatic heterocycles. The lowest BCUT2D eigenvalue weighted by atomic mass is 9.85. The molecule has 7 heteroatoms. The summed E-state index contributed by atoms with van der Waals surface area (Å²) in [5, 5.41) is 12.3. The highest BCUT2D eigenvalue weighted by molar-refractivity contribution is 5.91. The van der Waals surface area contributed by atoms with Crippen LogP contribution in [0.25, 0.3) is 0 Å². The lowest BCUT2D eigenvalue weighted by molar-refractivity contribution is -0.148. The van der Waals surface area contributed by atoms with Crippen LogP contribution in [0.3, 0.4) is 0 Å². The number of carboxylic acids is 1. The fourth-order valence-electron chi connectivity index (χ4n) is 1.94. The van der Waals surface area contributed by atoms with Crippen molar-refractivity contribution in [2.24, 2.45) is 11.1 Å². The molecule has 0 radical (unpaired) electrons. The summed E-state index contributed by atoms with van der Waals surface area (Å²) in [7, 11) is 0. The molecular formula is C12H15N3O4. The van der Waals surface area contributed by atoms with Crippen molar-refractivity contribution >= 4 is 17.6 Å². The van der Waals surface area contributed by atoms with Crippen molar-refractivity contribution in [3.05, 3.63) is 24.0 Å². The number of carboxylic acid groups (broad SMARTS) is 1. The van der Waals surface area contributed by atoms with E-state index in [1.54, 1.807) is 13.0 Å². The second-order valence-electron chi connectivity index (χ2n) is 4.73. The van der Waals surface area contributed by atoms with E-state index in [1.165, 1.54) is 12.3 Å². The van der Waals surface area contributed by atoms with Crippen molar-refractivity contribution < 1.29 is 19.4 Å². The molecule has 4 N–H and O–H groups in total. The molecule has 1 aliphatic rings. The Bertz CT molecular complexity index is 519. The van der Waals surface area contributed by atoms with E-state index in [1.807, 2.05) is 0 Å². The van der Waals surface area contributed by atoms with Crippen LogP contribution < -0.4 is 11.1 Å². The Labute approximate surface area is 109 Å².